The quantitative estimate of drug-likeness (QED) is 0.566. The minimum Gasteiger partial charge on any atom is -0.459 e. The predicted molar refractivity (Wildman–Crippen MR) is 106 cm³/mol. The average molecular weight is 388 g/mol. The van der Waals surface area contributed by atoms with Gasteiger partial charge in [-0.1, -0.05) is 23.5 Å². The number of hydrogen-bond donors (Lipinski definition) is 1. The Hall–Kier alpha value is -2.54. The highest BCUT2D eigenvalue weighted by atomic mass is 32.1. The summed E-state index contributed by atoms with van der Waals surface area (Å²) >= 11 is 1.07. The van der Waals surface area contributed by atoms with E-state index in [0.29, 0.717) is 21.3 Å². The molecule has 1 amide bonds. The van der Waals surface area contributed by atoms with Gasteiger partial charge in [0.05, 0.1) is 11.8 Å². The monoisotopic (exact) mass is 388 g/mol. The van der Waals surface area contributed by atoms with E-state index < -0.39 is 5.97 Å². The molecular formula is C20H24N2O4S. The number of amides is 1. The Labute approximate surface area is 163 Å². The fraction of sp³-hybridized carbons (Fsp3) is 0.400. The number of carbonyl (C=O) groups excluding carboxylic acids is 3. The predicted octanol–water partition coefficient (Wildman–Crippen LogP) is 4.24. The molecule has 0 atom stereocenters. The van der Waals surface area contributed by atoms with Crippen LogP contribution in [0.5, 0.6) is 0 Å². The maximum absolute atomic E-state index is 12.3. The van der Waals surface area contributed by atoms with Gasteiger partial charge in [-0.3, -0.25) is 9.59 Å². The van der Waals surface area contributed by atoms with Crippen LogP contribution in [0.15, 0.2) is 18.2 Å². The van der Waals surface area contributed by atoms with Gasteiger partial charge in [-0.15, -0.1) is 0 Å². The van der Waals surface area contributed by atoms with Crippen LogP contribution in [-0.2, 0) is 9.53 Å². The van der Waals surface area contributed by atoms with Gasteiger partial charge < -0.3 is 10.1 Å². The van der Waals surface area contributed by atoms with Gasteiger partial charge in [-0.05, 0) is 51.8 Å². The largest absolute Gasteiger partial charge is 0.459 e. The minimum atomic E-state index is -0.453. The van der Waals surface area contributed by atoms with Gasteiger partial charge in [0.2, 0.25) is 5.91 Å². The Morgan fingerprint density at radius 3 is 2.44 bits per heavy atom. The molecular weight excluding hydrogens is 364 g/mol. The molecule has 2 rings (SSSR count). The Morgan fingerprint density at radius 2 is 1.81 bits per heavy atom. The van der Waals surface area contributed by atoms with Gasteiger partial charge in [0.15, 0.2) is 10.9 Å². The van der Waals surface area contributed by atoms with E-state index >= 15 is 0 Å². The number of hydrogen-bond acceptors (Lipinski definition) is 6. The number of carbonyl (C=O) groups is 3. The number of esters is 1. The van der Waals surface area contributed by atoms with Crippen molar-refractivity contribution in [2.45, 2.75) is 53.6 Å². The number of benzene rings is 1. The molecule has 27 heavy (non-hydrogen) atoms. The zero-order valence-electron chi connectivity index (χ0n) is 16.2. The Kier molecular flexibility index (Phi) is 6.85. The van der Waals surface area contributed by atoms with Crippen molar-refractivity contribution in [2.75, 3.05) is 5.32 Å². The fourth-order valence-corrected chi connectivity index (χ4v) is 3.24. The number of Topliss-reactive ketones (excluding diaryl/α,β-unsaturated/α-hetero) is 1. The Bertz CT molecular complexity index is 871. The molecule has 1 aromatic carbocycles. The number of aryl methyl sites for hydroxylation is 3. The van der Waals surface area contributed by atoms with Gasteiger partial charge in [0.1, 0.15) is 4.88 Å². The summed E-state index contributed by atoms with van der Waals surface area (Å²) in [7, 11) is 0. The molecule has 0 spiro atoms. The first-order valence-electron chi connectivity index (χ1n) is 8.76. The number of aromatic nitrogens is 1. The standard InChI is InChI=1S/C20H24N2O4S/c1-11(2)26-19(25)18-14(5)21-20(27-18)22-17(24)9-8-16(23)15-7-6-12(3)13(4)10-15/h6-7,10-11H,8-9H2,1-5H3,(H,21,22,24). The molecule has 144 valence electrons. The third kappa shape index (κ3) is 5.72. The number of rotatable bonds is 7. The number of thiazole rings is 1. The number of anilines is 1. The van der Waals surface area contributed by atoms with Crippen LogP contribution in [0, 0.1) is 20.8 Å². The Balaban J connectivity index is 1.93. The SMILES string of the molecule is Cc1ccc(C(=O)CCC(=O)Nc2nc(C)c(C(=O)OC(C)C)s2)cc1C. The highest BCUT2D eigenvalue weighted by Crippen LogP contribution is 2.24. The van der Waals surface area contributed by atoms with Gasteiger partial charge in [0, 0.05) is 18.4 Å². The molecule has 0 aliphatic rings. The summed E-state index contributed by atoms with van der Waals surface area (Å²) in [6.07, 6.45) is -0.0645. The topological polar surface area (TPSA) is 85.4 Å². The summed E-state index contributed by atoms with van der Waals surface area (Å²) in [6.45, 7) is 9.16. The van der Waals surface area contributed by atoms with Crippen LogP contribution < -0.4 is 5.32 Å². The number of nitrogens with one attached hydrogen (secondary N) is 1. The van der Waals surface area contributed by atoms with Crippen LogP contribution in [0.25, 0.3) is 0 Å². The second-order valence-electron chi connectivity index (χ2n) is 6.66. The van der Waals surface area contributed by atoms with Crippen molar-refractivity contribution < 1.29 is 19.1 Å². The van der Waals surface area contributed by atoms with E-state index in [9.17, 15) is 14.4 Å². The van der Waals surface area contributed by atoms with E-state index in [-0.39, 0.29) is 30.6 Å². The third-order valence-electron chi connectivity index (χ3n) is 3.98. The van der Waals surface area contributed by atoms with Crippen LogP contribution in [-0.4, -0.2) is 28.7 Å². The molecule has 6 nitrogen and oxygen atoms in total. The second-order valence-corrected chi connectivity index (χ2v) is 7.66. The second kappa shape index (κ2) is 8.90. The zero-order chi connectivity index (χ0) is 20.1. The summed E-state index contributed by atoms with van der Waals surface area (Å²) in [4.78, 5) is 40.9. The summed E-state index contributed by atoms with van der Waals surface area (Å²) < 4.78 is 5.16. The lowest BCUT2D eigenvalue weighted by Crippen LogP contribution is -2.13. The van der Waals surface area contributed by atoms with Crippen LogP contribution in [0.3, 0.4) is 0 Å². The van der Waals surface area contributed by atoms with Crippen LogP contribution >= 0.6 is 11.3 Å². The summed E-state index contributed by atoms with van der Waals surface area (Å²) in [5, 5.41) is 2.97. The molecule has 0 unspecified atom stereocenters. The molecule has 7 heteroatoms. The first kappa shape index (κ1) is 20.8. The van der Waals surface area contributed by atoms with Crippen molar-refractivity contribution in [2.24, 2.45) is 0 Å². The summed E-state index contributed by atoms with van der Waals surface area (Å²) in [6, 6.07) is 5.52. The summed E-state index contributed by atoms with van der Waals surface area (Å²) in [5.74, 6) is -0.847. The van der Waals surface area contributed by atoms with Crippen LogP contribution in [0.2, 0.25) is 0 Å². The maximum Gasteiger partial charge on any atom is 0.350 e. The molecule has 2 aromatic rings. The molecule has 0 saturated carbocycles. The van der Waals surface area contributed by atoms with Crippen LogP contribution in [0.1, 0.15) is 63.5 Å². The van der Waals surface area contributed by atoms with Crippen molar-refractivity contribution in [1.82, 2.24) is 4.98 Å². The van der Waals surface area contributed by atoms with Crippen molar-refractivity contribution in [1.29, 1.82) is 0 Å². The maximum atomic E-state index is 12.3. The molecule has 1 N–H and O–H groups in total. The first-order chi connectivity index (χ1) is 12.7. The smallest absolute Gasteiger partial charge is 0.350 e. The fourth-order valence-electron chi connectivity index (χ4n) is 2.37. The van der Waals surface area contributed by atoms with Crippen molar-refractivity contribution >= 4 is 34.1 Å². The van der Waals surface area contributed by atoms with E-state index in [1.54, 1.807) is 26.8 Å². The lowest BCUT2D eigenvalue weighted by molar-refractivity contribution is -0.116. The Morgan fingerprint density at radius 1 is 1.11 bits per heavy atom. The van der Waals surface area contributed by atoms with E-state index in [2.05, 4.69) is 10.3 Å². The van der Waals surface area contributed by atoms with Crippen molar-refractivity contribution in [3.8, 4) is 0 Å². The highest BCUT2D eigenvalue weighted by molar-refractivity contribution is 7.17. The molecule has 0 aliphatic carbocycles. The number of ether oxygens (including phenoxy) is 1. The lowest BCUT2D eigenvalue weighted by atomic mass is 10.0. The van der Waals surface area contributed by atoms with Crippen LogP contribution in [0.4, 0.5) is 5.13 Å². The normalized spacial score (nSPS) is 10.7. The molecule has 0 fully saturated rings. The molecule has 0 aliphatic heterocycles. The van der Waals surface area contributed by atoms with Gasteiger partial charge in [0.25, 0.3) is 0 Å². The molecule has 0 radical (unpaired) electrons. The van der Waals surface area contributed by atoms with Gasteiger partial charge in [-0.25, -0.2) is 9.78 Å². The van der Waals surface area contributed by atoms with E-state index in [0.717, 1.165) is 22.5 Å². The zero-order valence-corrected chi connectivity index (χ0v) is 17.0. The number of ketones is 1. The van der Waals surface area contributed by atoms with E-state index in [4.69, 9.17) is 4.74 Å². The molecule has 1 heterocycles. The van der Waals surface area contributed by atoms with E-state index in [1.165, 1.54) is 0 Å². The third-order valence-corrected chi connectivity index (χ3v) is 5.03. The highest BCUT2D eigenvalue weighted by Gasteiger charge is 2.19. The van der Waals surface area contributed by atoms with Crippen molar-refractivity contribution in [3.63, 3.8) is 0 Å². The average Bonchev–Trinajstić information content (AvgIpc) is 2.95. The van der Waals surface area contributed by atoms with Crippen molar-refractivity contribution in [3.05, 3.63) is 45.5 Å². The lowest BCUT2D eigenvalue weighted by Gasteiger charge is -2.06. The molecule has 0 bridgehead atoms. The van der Waals surface area contributed by atoms with E-state index in [1.807, 2.05) is 26.0 Å². The summed E-state index contributed by atoms with van der Waals surface area (Å²) in [5.41, 5.74) is 3.28. The first-order valence-corrected chi connectivity index (χ1v) is 9.57. The molecule has 1 aromatic heterocycles. The minimum absolute atomic E-state index is 0.0517. The van der Waals surface area contributed by atoms with Gasteiger partial charge in [-0.2, -0.15) is 0 Å². The number of nitrogens with zero attached hydrogens (tertiary/aromatic N) is 1. The molecule has 0 saturated heterocycles. The van der Waals surface area contributed by atoms with Gasteiger partial charge >= 0.3 is 5.97 Å².